The molecule has 2 aromatic carbocycles. The Labute approximate surface area is 260 Å². The largest absolute Gasteiger partial charge is 0.497 e. The van der Waals surface area contributed by atoms with Crippen molar-refractivity contribution in [2.75, 3.05) is 32.6 Å². The predicted molar refractivity (Wildman–Crippen MR) is 172 cm³/mol. The zero-order valence-corrected chi connectivity index (χ0v) is 26.4. The second kappa shape index (κ2) is 13.0. The lowest BCUT2D eigenvalue weighted by molar-refractivity contribution is -0.110. The fourth-order valence-corrected chi connectivity index (χ4v) is 7.12. The van der Waals surface area contributed by atoms with Gasteiger partial charge in [-0.05, 0) is 87.1 Å². The summed E-state index contributed by atoms with van der Waals surface area (Å²) in [6.45, 7) is 5.30. The molecule has 44 heavy (non-hydrogen) atoms. The molecule has 3 aliphatic rings. The van der Waals surface area contributed by atoms with E-state index >= 15 is 0 Å². The SMILES string of the molecule is COc1cc(CS(=O)c2ccc3c(c2)/C(=C/c2[nH]c(C)c(C(=O)N4CCC(NC5CC5)CC4)c2C)C(=O)N3)cc(OC)c1.O. The van der Waals surface area contributed by atoms with Crippen LogP contribution in [0.3, 0.4) is 0 Å². The van der Waals surface area contributed by atoms with Crippen LogP contribution in [0, 0.1) is 13.8 Å². The van der Waals surface area contributed by atoms with Gasteiger partial charge in [-0.25, -0.2) is 0 Å². The van der Waals surface area contributed by atoms with E-state index in [9.17, 15) is 13.8 Å². The van der Waals surface area contributed by atoms with Gasteiger partial charge >= 0.3 is 0 Å². The van der Waals surface area contributed by atoms with Crippen molar-refractivity contribution in [2.45, 2.75) is 62.3 Å². The van der Waals surface area contributed by atoms with Gasteiger partial charge in [0.25, 0.3) is 11.8 Å². The molecule has 3 aromatic rings. The standard InChI is InChI=1S/C33H38N4O5S.H2O/c1-19-30(34-20(2)31(19)33(39)37-11-9-23(10-12-37)35-22-5-6-22)17-28-27-16-26(7-8-29(27)36-32(28)38)43(40)18-21-13-24(41-3)15-25(14-21)42-4;/h7-8,13-17,22-23,34-35H,5-6,9-12,18H2,1-4H3,(H,36,38);1H2/b28-17-;. The zero-order chi connectivity index (χ0) is 30.2. The Morgan fingerprint density at radius 2 is 1.68 bits per heavy atom. The number of hydrogen-bond acceptors (Lipinski definition) is 6. The number of aromatic amines is 1. The Kier molecular flexibility index (Phi) is 9.28. The molecule has 1 aromatic heterocycles. The molecule has 3 heterocycles. The summed E-state index contributed by atoms with van der Waals surface area (Å²) in [5, 5.41) is 6.60. The summed E-state index contributed by atoms with van der Waals surface area (Å²) >= 11 is 0. The number of H-pyrrole nitrogens is 1. The predicted octanol–water partition coefficient (Wildman–Crippen LogP) is 3.98. The molecule has 5 N–H and O–H groups in total. The average molecular weight is 621 g/mol. The van der Waals surface area contributed by atoms with Gasteiger partial charge in [0.05, 0.1) is 41.9 Å². The van der Waals surface area contributed by atoms with Crippen molar-refractivity contribution in [3.63, 3.8) is 0 Å². The van der Waals surface area contributed by atoms with Gasteiger partial charge in [-0.1, -0.05) is 0 Å². The maximum absolute atomic E-state index is 13.6. The van der Waals surface area contributed by atoms with Crippen LogP contribution in [0.25, 0.3) is 11.6 Å². The van der Waals surface area contributed by atoms with Gasteiger partial charge in [0.15, 0.2) is 0 Å². The number of benzene rings is 2. The summed E-state index contributed by atoms with van der Waals surface area (Å²) in [5.74, 6) is 1.32. The maximum Gasteiger partial charge on any atom is 0.256 e. The van der Waals surface area contributed by atoms with Crippen LogP contribution in [0.2, 0.25) is 0 Å². The number of piperidine rings is 1. The number of likely N-dealkylation sites (tertiary alicyclic amines) is 1. The Balaban J connectivity index is 0.00000384. The average Bonchev–Trinajstić information content (AvgIpc) is 3.71. The number of aryl methyl sites for hydroxylation is 1. The number of amides is 2. The molecular weight excluding hydrogens is 580 g/mol. The number of aromatic nitrogens is 1. The van der Waals surface area contributed by atoms with Crippen LogP contribution >= 0.6 is 0 Å². The molecule has 10 nitrogen and oxygen atoms in total. The molecule has 1 saturated heterocycles. The van der Waals surface area contributed by atoms with Crippen LogP contribution in [-0.4, -0.2) is 70.8 Å². The third-order valence-corrected chi connectivity index (χ3v) is 9.93. The van der Waals surface area contributed by atoms with Crippen LogP contribution in [0.15, 0.2) is 41.3 Å². The molecular formula is C33H40N4O6S. The lowest BCUT2D eigenvalue weighted by Gasteiger charge is -2.32. The lowest BCUT2D eigenvalue weighted by Crippen LogP contribution is -2.45. The smallest absolute Gasteiger partial charge is 0.256 e. The van der Waals surface area contributed by atoms with Crippen LogP contribution in [0.1, 0.15) is 64.1 Å². The van der Waals surface area contributed by atoms with Gasteiger partial charge in [0.1, 0.15) is 11.5 Å². The molecule has 1 aliphatic carbocycles. The third-order valence-electron chi connectivity index (χ3n) is 8.56. The Bertz CT molecular complexity index is 1610. The summed E-state index contributed by atoms with van der Waals surface area (Å²) < 4.78 is 24.1. The maximum atomic E-state index is 13.6. The number of nitrogens with one attached hydrogen (secondary N) is 3. The molecule has 11 heteroatoms. The van der Waals surface area contributed by atoms with E-state index < -0.39 is 10.8 Å². The first-order valence-electron chi connectivity index (χ1n) is 14.8. The molecule has 1 unspecified atom stereocenters. The molecule has 234 valence electrons. The first kappa shape index (κ1) is 31.5. The van der Waals surface area contributed by atoms with E-state index in [4.69, 9.17) is 9.47 Å². The molecule has 0 spiro atoms. The van der Waals surface area contributed by atoms with Crippen LogP contribution in [0.4, 0.5) is 5.69 Å². The summed E-state index contributed by atoms with van der Waals surface area (Å²) in [6, 6.07) is 12.0. The molecule has 2 aliphatic heterocycles. The van der Waals surface area contributed by atoms with Crippen LogP contribution < -0.4 is 20.1 Å². The summed E-state index contributed by atoms with van der Waals surface area (Å²) in [4.78, 5) is 32.6. The monoisotopic (exact) mass is 620 g/mol. The number of methoxy groups -OCH3 is 2. The Morgan fingerprint density at radius 1 is 1.02 bits per heavy atom. The lowest BCUT2D eigenvalue weighted by atomic mass is 10.0. The second-order valence-electron chi connectivity index (χ2n) is 11.6. The van der Waals surface area contributed by atoms with Gasteiger partial charge in [-0.15, -0.1) is 0 Å². The minimum atomic E-state index is -1.38. The molecule has 2 fully saturated rings. The molecule has 0 radical (unpaired) electrons. The molecule has 1 atom stereocenters. The van der Waals surface area contributed by atoms with Gasteiger partial charge in [-0.2, -0.15) is 0 Å². The number of fused-ring (bicyclic) bond motifs is 1. The minimum Gasteiger partial charge on any atom is -0.497 e. The molecule has 2 amide bonds. The Morgan fingerprint density at radius 3 is 2.32 bits per heavy atom. The summed E-state index contributed by atoms with van der Waals surface area (Å²) in [7, 11) is 1.78. The zero-order valence-electron chi connectivity index (χ0n) is 25.5. The number of hydrogen-bond donors (Lipinski definition) is 3. The molecule has 0 bridgehead atoms. The second-order valence-corrected chi connectivity index (χ2v) is 13.1. The number of ether oxygens (including phenoxy) is 2. The first-order chi connectivity index (χ1) is 20.7. The summed E-state index contributed by atoms with van der Waals surface area (Å²) in [5.41, 5.74) is 5.63. The third kappa shape index (κ3) is 6.45. The first-order valence-corrected chi connectivity index (χ1v) is 16.1. The van der Waals surface area contributed by atoms with E-state index in [1.165, 1.54) is 12.8 Å². The molecule has 1 saturated carbocycles. The van der Waals surface area contributed by atoms with Gasteiger partial charge in [0.2, 0.25) is 0 Å². The highest BCUT2D eigenvalue weighted by molar-refractivity contribution is 7.84. The summed E-state index contributed by atoms with van der Waals surface area (Å²) in [6.07, 6.45) is 6.26. The number of carbonyl (C=O) groups excluding carboxylic acids is 2. The fraction of sp³-hybridized carbons (Fsp3) is 0.394. The van der Waals surface area contributed by atoms with Crippen molar-refractivity contribution in [2.24, 2.45) is 0 Å². The number of carbonyl (C=O) groups is 2. The van der Waals surface area contributed by atoms with Gasteiger partial charge in [-0.3, -0.25) is 13.8 Å². The highest BCUT2D eigenvalue weighted by Crippen LogP contribution is 2.36. The fourth-order valence-electron chi connectivity index (χ4n) is 6.01. The highest BCUT2D eigenvalue weighted by Gasteiger charge is 2.31. The number of nitrogens with zero attached hydrogens (tertiary/aromatic N) is 1. The van der Waals surface area contributed by atoms with Crippen molar-refractivity contribution in [1.82, 2.24) is 15.2 Å². The molecule has 6 rings (SSSR count). The highest BCUT2D eigenvalue weighted by atomic mass is 32.2. The van der Waals surface area contributed by atoms with Crippen molar-refractivity contribution < 1.29 is 28.7 Å². The minimum absolute atomic E-state index is 0. The topological polar surface area (TPSA) is 144 Å². The Hall–Kier alpha value is -3.93. The van der Waals surface area contributed by atoms with E-state index in [1.807, 2.05) is 36.9 Å². The van der Waals surface area contributed by atoms with Crippen LogP contribution in [-0.2, 0) is 21.3 Å². The van der Waals surface area contributed by atoms with E-state index in [2.05, 4.69) is 15.6 Å². The van der Waals surface area contributed by atoms with Gasteiger partial charge in [0, 0.05) is 58.8 Å². The van der Waals surface area contributed by atoms with Crippen molar-refractivity contribution in [1.29, 1.82) is 0 Å². The quantitative estimate of drug-likeness (QED) is 0.309. The van der Waals surface area contributed by atoms with E-state index in [1.54, 1.807) is 38.5 Å². The van der Waals surface area contributed by atoms with Crippen molar-refractivity contribution in [3.05, 3.63) is 70.0 Å². The number of rotatable bonds is 9. The van der Waals surface area contributed by atoms with E-state index in [0.29, 0.717) is 50.9 Å². The van der Waals surface area contributed by atoms with E-state index in [0.717, 1.165) is 48.4 Å². The van der Waals surface area contributed by atoms with Crippen molar-refractivity contribution in [3.8, 4) is 11.5 Å². The van der Waals surface area contributed by atoms with Crippen molar-refractivity contribution >= 4 is 40.0 Å². The van der Waals surface area contributed by atoms with E-state index in [-0.39, 0.29) is 23.0 Å². The van der Waals surface area contributed by atoms with Crippen LogP contribution in [0.5, 0.6) is 11.5 Å². The normalized spacial score (nSPS) is 18.0. The van der Waals surface area contributed by atoms with Gasteiger partial charge < -0.3 is 35.5 Å². The number of anilines is 1.